The minimum absolute atomic E-state index is 0.00776. The van der Waals surface area contributed by atoms with Gasteiger partial charge in [-0.25, -0.2) is 0 Å². The van der Waals surface area contributed by atoms with E-state index < -0.39 is 0 Å². The lowest BCUT2D eigenvalue weighted by Crippen LogP contribution is -2.53. The molecule has 6 nitrogen and oxygen atoms in total. The van der Waals surface area contributed by atoms with Gasteiger partial charge in [0.1, 0.15) is 6.61 Å². The van der Waals surface area contributed by atoms with Gasteiger partial charge in [-0.3, -0.25) is 4.79 Å². The Morgan fingerprint density at radius 1 is 1.37 bits per heavy atom. The molecule has 0 spiro atoms. The highest BCUT2D eigenvalue weighted by Crippen LogP contribution is 2.36. The Balaban J connectivity index is 1.90. The van der Waals surface area contributed by atoms with Gasteiger partial charge in [0.25, 0.3) is 5.91 Å². The van der Waals surface area contributed by atoms with E-state index in [4.69, 9.17) is 14.2 Å². The second kappa shape index (κ2) is 5.07. The van der Waals surface area contributed by atoms with Gasteiger partial charge >= 0.3 is 0 Å². The van der Waals surface area contributed by atoms with Crippen molar-refractivity contribution in [1.82, 2.24) is 5.32 Å². The van der Waals surface area contributed by atoms with Gasteiger partial charge in [-0.2, -0.15) is 0 Å². The van der Waals surface area contributed by atoms with Crippen LogP contribution in [0.4, 0.5) is 5.69 Å². The summed E-state index contributed by atoms with van der Waals surface area (Å²) in [5, 5.41) is 3.08. The van der Waals surface area contributed by atoms with E-state index in [2.05, 4.69) is 5.32 Å². The van der Waals surface area contributed by atoms with Crippen molar-refractivity contribution in [2.45, 2.75) is 6.04 Å². The Hall–Kier alpha value is -1.79. The summed E-state index contributed by atoms with van der Waals surface area (Å²) >= 11 is 0. The number of anilines is 1. The first kappa shape index (κ1) is 12.3. The zero-order valence-corrected chi connectivity index (χ0v) is 10.7. The molecule has 1 saturated heterocycles. The lowest BCUT2D eigenvalue weighted by Gasteiger charge is -2.35. The summed E-state index contributed by atoms with van der Waals surface area (Å²) in [5.74, 6) is 1.36. The van der Waals surface area contributed by atoms with Crippen LogP contribution in [0.25, 0.3) is 0 Å². The quantitative estimate of drug-likeness (QED) is 0.854. The van der Waals surface area contributed by atoms with Crippen LogP contribution in [0.2, 0.25) is 0 Å². The van der Waals surface area contributed by atoms with Crippen molar-refractivity contribution in [2.75, 3.05) is 38.5 Å². The van der Waals surface area contributed by atoms with Gasteiger partial charge in [0.05, 0.1) is 12.6 Å². The normalized spacial score (nSPS) is 21.8. The predicted octanol–water partition coefficient (Wildman–Crippen LogP) is 0.367. The predicted molar refractivity (Wildman–Crippen MR) is 68.6 cm³/mol. The topological polar surface area (TPSA) is 60.0 Å². The number of likely N-dealkylation sites (N-methyl/N-ethyl adjacent to an activating group) is 1. The summed E-state index contributed by atoms with van der Waals surface area (Å²) in [6.45, 7) is 1.56. The number of fused-ring (bicyclic) bond motifs is 1. The number of rotatable bonds is 3. The van der Waals surface area contributed by atoms with Gasteiger partial charge in [-0.15, -0.1) is 0 Å². The largest absolute Gasteiger partial charge is 0.454 e. The number of hydrogen-bond donors (Lipinski definition) is 1. The highest BCUT2D eigenvalue weighted by atomic mass is 16.7. The first-order valence-electron chi connectivity index (χ1n) is 6.23. The Bertz CT molecular complexity index is 490. The minimum Gasteiger partial charge on any atom is -0.454 e. The fraction of sp³-hybridized carbons (Fsp3) is 0.462. The molecule has 6 heteroatoms. The molecule has 1 unspecified atom stereocenters. The standard InChI is InChI=1S/C13H16N2O4/c1-14-5-10-6-17-7-13(16)15(10)9-2-3-11-12(4-9)19-8-18-11/h2-4,10,14H,5-8H2,1H3. The average molecular weight is 264 g/mol. The SMILES string of the molecule is CNCC1COCC(=O)N1c1ccc2c(c1)OCO2. The van der Waals surface area contributed by atoms with Crippen molar-refractivity contribution in [1.29, 1.82) is 0 Å². The fourth-order valence-corrected chi connectivity index (χ4v) is 2.41. The van der Waals surface area contributed by atoms with E-state index >= 15 is 0 Å². The van der Waals surface area contributed by atoms with Gasteiger partial charge in [0.15, 0.2) is 11.5 Å². The van der Waals surface area contributed by atoms with Gasteiger partial charge in [-0.1, -0.05) is 0 Å². The zero-order chi connectivity index (χ0) is 13.2. The summed E-state index contributed by atoms with van der Waals surface area (Å²) in [4.78, 5) is 13.8. The Morgan fingerprint density at radius 3 is 3.05 bits per heavy atom. The number of carbonyl (C=O) groups is 1. The van der Waals surface area contributed by atoms with Gasteiger partial charge in [0.2, 0.25) is 6.79 Å². The molecule has 0 radical (unpaired) electrons. The fourth-order valence-electron chi connectivity index (χ4n) is 2.41. The number of ether oxygens (including phenoxy) is 3. The van der Waals surface area contributed by atoms with Crippen molar-refractivity contribution in [2.24, 2.45) is 0 Å². The maximum absolute atomic E-state index is 12.1. The Kier molecular flexibility index (Phi) is 3.27. The molecule has 1 atom stereocenters. The molecule has 2 aliphatic heterocycles. The monoisotopic (exact) mass is 264 g/mol. The molecule has 1 aromatic rings. The van der Waals surface area contributed by atoms with Gasteiger partial charge in [0, 0.05) is 18.3 Å². The molecule has 1 amide bonds. The Labute approximate surface area is 111 Å². The molecule has 0 saturated carbocycles. The third-order valence-electron chi connectivity index (χ3n) is 3.24. The molecule has 1 N–H and O–H groups in total. The highest BCUT2D eigenvalue weighted by Gasteiger charge is 2.30. The molecule has 19 heavy (non-hydrogen) atoms. The molecular weight excluding hydrogens is 248 g/mol. The lowest BCUT2D eigenvalue weighted by atomic mass is 10.1. The third kappa shape index (κ3) is 2.24. The van der Waals surface area contributed by atoms with Gasteiger partial charge < -0.3 is 24.4 Å². The highest BCUT2D eigenvalue weighted by molar-refractivity contribution is 5.96. The summed E-state index contributed by atoms with van der Waals surface area (Å²) in [6, 6.07) is 5.54. The molecule has 0 aromatic heterocycles. The van der Waals surface area contributed by atoms with Crippen LogP contribution < -0.4 is 19.7 Å². The van der Waals surface area contributed by atoms with E-state index in [-0.39, 0.29) is 25.3 Å². The van der Waals surface area contributed by atoms with Crippen LogP contribution in [-0.4, -0.2) is 45.5 Å². The molecule has 1 fully saturated rings. The van der Waals surface area contributed by atoms with E-state index in [9.17, 15) is 4.79 Å². The van der Waals surface area contributed by atoms with Crippen molar-refractivity contribution >= 4 is 11.6 Å². The first-order valence-corrected chi connectivity index (χ1v) is 6.23. The van der Waals surface area contributed by atoms with E-state index in [0.29, 0.717) is 18.9 Å². The minimum atomic E-state index is -0.0367. The van der Waals surface area contributed by atoms with E-state index in [1.54, 1.807) is 4.90 Å². The number of benzene rings is 1. The second-order valence-electron chi connectivity index (χ2n) is 4.53. The maximum atomic E-state index is 12.1. The number of hydrogen-bond acceptors (Lipinski definition) is 5. The summed E-state index contributed by atoms with van der Waals surface area (Å²) in [6.07, 6.45) is 0. The van der Waals surface area contributed by atoms with E-state index in [1.807, 2.05) is 25.2 Å². The molecule has 0 bridgehead atoms. The number of amides is 1. The number of nitrogens with one attached hydrogen (secondary N) is 1. The van der Waals surface area contributed by atoms with Crippen LogP contribution in [0.5, 0.6) is 11.5 Å². The average Bonchev–Trinajstić information content (AvgIpc) is 2.86. The first-order chi connectivity index (χ1) is 9.29. The second-order valence-corrected chi connectivity index (χ2v) is 4.53. The van der Waals surface area contributed by atoms with Crippen LogP contribution >= 0.6 is 0 Å². The Morgan fingerprint density at radius 2 is 2.21 bits per heavy atom. The van der Waals surface area contributed by atoms with Gasteiger partial charge in [-0.05, 0) is 19.2 Å². The van der Waals surface area contributed by atoms with E-state index in [0.717, 1.165) is 11.4 Å². The van der Waals surface area contributed by atoms with Crippen molar-refractivity contribution < 1.29 is 19.0 Å². The smallest absolute Gasteiger partial charge is 0.253 e. The molecule has 1 aromatic carbocycles. The summed E-state index contributed by atoms with van der Waals surface area (Å²) < 4.78 is 15.9. The van der Waals surface area contributed by atoms with Crippen LogP contribution in [0.1, 0.15) is 0 Å². The molecule has 3 rings (SSSR count). The molecule has 0 aliphatic carbocycles. The zero-order valence-electron chi connectivity index (χ0n) is 10.7. The molecule has 102 valence electrons. The van der Waals surface area contributed by atoms with Crippen molar-refractivity contribution in [3.05, 3.63) is 18.2 Å². The number of morpholine rings is 1. The van der Waals surface area contributed by atoms with Crippen LogP contribution in [0, 0.1) is 0 Å². The summed E-state index contributed by atoms with van der Waals surface area (Å²) in [5.41, 5.74) is 0.817. The number of carbonyl (C=O) groups excluding carboxylic acids is 1. The molecule has 2 heterocycles. The summed E-state index contributed by atoms with van der Waals surface area (Å²) in [7, 11) is 1.86. The van der Waals surface area contributed by atoms with E-state index in [1.165, 1.54) is 0 Å². The maximum Gasteiger partial charge on any atom is 0.253 e. The van der Waals surface area contributed by atoms with Crippen LogP contribution in [0.15, 0.2) is 18.2 Å². The third-order valence-corrected chi connectivity index (χ3v) is 3.24. The lowest BCUT2D eigenvalue weighted by molar-refractivity contribution is -0.127. The molecule has 2 aliphatic rings. The number of nitrogens with zero attached hydrogens (tertiary/aromatic N) is 1. The molecular formula is C13H16N2O4. The van der Waals surface area contributed by atoms with Crippen LogP contribution in [0.3, 0.4) is 0 Å². The van der Waals surface area contributed by atoms with Crippen LogP contribution in [-0.2, 0) is 9.53 Å². The van der Waals surface area contributed by atoms with Crippen molar-refractivity contribution in [3.63, 3.8) is 0 Å². The van der Waals surface area contributed by atoms with Crippen molar-refractivity contribution in [3.8, 4) is 11.5 Å².